The molecule has 0 N–H and O–H groups in total. The number of anilines is 1. The van der Waals surface area contributed by atoms with Gasteiger partial charge in [-0.1, -0.05) is 17.7 Å². The van der Waals surface area contributed by atoms with Crippen molar-refractivity contribution in [2.75, 3.05) is 25.5 Å². The number of carbonyl (C=O) groups excluding carboxylic acids is 2. The number of piperazine rings is 1. The molecule has 2 aliphatic heterocycles. The standard InChI is InChI=1S/C25H26ClN5O3/c1-24(2,3)34-23(33)30-13-20-25(10-19(25)30)31(20)21-15(11-27)8-16(12-28-21)14-6-7-17(18(26)9-14)22(32)29(4)5/h6-9,12,19-20H,10,13H2,1-5H3. The van der Waals surface area contributed by atoms with Crippen LogP contribution >= 0.6 is 11.6 Å². The second kappa shape index (κ2) is 7.34. The maximum atomic E-state index is 12.5. The van der Waals surface area contributed by atoms with Gasteiger partial charge in [0.05, 0.1) is 33.8 Å². The SMILES string of the molecule is CN(C)C(=O)c1ccc(-c2cnc(N3C4CN(C(=O)OC(C)(C)C)C5CC543)c(C#N)c2)cc1Cl. The lowest BCUT2D eigenvalue weighted by molar-refractivity contribution is 0.0255. The van der Waals surface area contributed by atoms with E-state index in [2.05, 4.69) is 16.0 Å². The van der Waals surface area contributed by atoms with E-state index in [4.69, 9.17) is 16.3 Å². The molecule has 3 aliphatic rings. The molecule has 1 aliphatic carbocycles. The molecule has 3 heterocycles. The Balaban J connectivity index is 1.36. The summed E-state index contributed by atoms with van der Waals surface area (Å²) in [5, 5.41) is 10.2. The number of aromatic nitrogens is 1. The number of halogens is 1. The van der Waals surface area contributed by atoms with E-state index in [1.165, 1.54) is 4.90 Å². The topological polar surface area (TPSA) is 89.5 Å². The fourth-order valence-electron chi connectivity index (χ4n) is 5.08. The minimum atomic E-state index is -0.530. The number of carbonyl (C=O) groups is 2. The number of hydrogen-bond donors (Lipinski definition) is 0. The summed E-state index contributed by atoms with van der Waals surface area (Å²) < 4.78 is 5.55. The fraction of sp³-hybridized carbons (Fsp3) is 0.440. The zero-order chi connectivity index (χ0) is 24.6. The Labute approximate surface area is 203 Å². The second-order valence-corrected chi connectivity index (χ2v) is 10.7. The highest BCUT2D eigenvalue weighted by Crippen LogP contribution is 2.68. The molecule has 8 nitrogen and oxygen atoms in total. The van der Waals surface area contributed by atoms with Gasteiger partial charge in [0.25, 0.3) is 5.91 Å². The molecular weight excluding hydrogens is 454 g/mol. The van der Waals surface area contributed by atoms with E-state index in [0.717, 1.165) is 17.5 Å². The smallest absolute Gasteiger partial charge is 0.410 e. The monoisotopic (exact) mass is 479 g/mol. The number of rotatable bonds is 3. The van der Waals surface area contributed by atoms with Crippen LogP contribution in [0.2, 0.25) is 5.02 Å². The predicted molar refractivity (Wildman–Crippen MR) is 128 cm³/mol. The number of likely N-dealkylation sites (tertiary alicyclic amines) is 1. The van der Waals surface area contributed by atoms with E-state index >= 15 is 0 Å². The van der Waals surface area contributed by atoms with Gasteiger partial charge in [0, 0.05) is 32.4 Å². The summed E-state index contributed by atoms with van der Waals surface area (Å²) in [7, 11) is 3.35. The van der Waals surface area contributed by atoms with Crippen LogP contribution < -0.4 is 4.90 Å². The summed E-state index contributed by atoms with van der Waals surface area (Å²) in [4.78, 5) is 34.9. The molecule has 0 radical (unpaired) electrons. The van der Waals surface area contributed by atoms with Crippen molar-refractivity contribution < 1.29 is 14.3 Å². The van der Waals surface area contributed by atoms with Gasteiger partial charge in [0.2, 0.25) is 0 Å². The van der Waals surface area contributed by atoms with Crippen LogP contribution in [0.25, 0.3) is 11.1 Å². The second-order valence-electron chi connectivity index (χ2n) is 10.3. The molecule has 176 valence electrons. The van der Waals surface area contributed by atoms with Crippen molar-refractivity contribution in [1.29, 1.82) is 5.26 Å². The molecule has 9 heteroatoms. The Morgan fingerprint density at radius 3 is 2.53 bits per heavy atom. The van der Waals surface area contributed by atoms with Gasteiger partial charge in [-0.15, -0.1) is 0 Å². The highest BCUT2D eigenvalue weighted by molar-refractivity contribution is 6.34. The first-order chi connectivity index (χ1) is 16.0. The van der Waals surface area contributed by atoms with Gasteiger partial charge in [0.1, 0.15) is 17.5 Å². The predicted octanol–water partition coefficient (Wildman–Crippen LogP) is 3.93. The average molecular weight is 480 g/mol. The quantitative estimate of drug-likeness (QED) is 0.620. The van der Waals surface area contributed by atoms with E-state index in [0.29, 0.717) is 28.5 Å². The summed E-state index contributed by atoms with van der Waals surface area (Å²) in [6.07, 6.45) is 2.31. The van der Waals surface area contributed by atoms with E-state index < -0.39 is 5.60 Å². The number of hydrogen-bond acceptors (Lipinski definition) is 6. The number of nitrogens with zero attached hydrogens (tertiary/aromatic N) is 5. The van der Waals surface area contributed by atoms with Gasteiger partial charge in [-0.25, -0.2) is 9.78 Å². The maximum Gasteiger partial charge on any atom is 0.410 e. The molecule has 3 atom stereocenters. The van der Waals surface area contributed by atoms with E-state index in [-0.39, 0.29) is 29.6 Å². The van der Waals surface area contributed by atoms with Gasteiger partial charge < -0.3 is 19.4 Å². The Bertz CT molecular complexity index is 1260. The molecule has 1 spiro atoms. The van der Waals surface area contributed by atoms with E-state index in [1.54, 1.807) is 44.6 Å². The molecule has 34 heavy (non-hydrogen) atoms. The van der Waals surface area contributed by atoms with Crippen LogP contribution in [0.5, 0.6) is 0 Å². The van der Waals surface area contributed by atoms with E-state index in [9.17, 15) is 14.9 Å². The highest BCUT2D eigenvalue weighted by Gasteiger charge is 2.85. The third kappa shape index (κ3) is 3.38. The summed E-state index contributed by atoms with van der Waals surface area (Å²) in [6, 6.07) is 9.54. The van der Waals surface area contributed by atoms with Crippen molar-refractivity contribution in [3.8, 4) is 17.2 Å². The third-order valence-electron chi connectivity index (χ3n) is 6.73. The number of piperidine rings is 1. The summed E-state index contributed by atoms with van der Waals surface area (Å²) in [6.45, 7) is 6.16. The number of amides is 2. The van der Waals surface area contributed by atoms with Gasteiger partial charge >= 0.3 is 6.09 Å². The number of pyridine rings is 1. The zero-order valence-corrected chi connectivity index (χ0v) is 20.6. The molecule has 1 aromatic carbocycles. The molecule has 2 saturated heterocycles. The largest absolute Gasteiger partial charge is 0.444 e. The summed E-state index contributed by atoms with van der Waals surface area (Å²) in [5.41, 5.74) is 1.77. The van der Waals surface area contributed by atoms with Gasteiger partial charge in [-0.3, -0.25) is 4.79 Å². The molecular formula is C25H26ClN5O3. The highest BCUT2D eigenvalue weighted by atomic mass is 35.5. The number of benzene rings is 1. The lowest BCUT2D eigenvalue weighted by Gasteiger charge is -2.27. The minimum Gasteiger partial charge on any atom is -0.444 e. The van der Waals surface area contributed by atoms with Crippen LogP contribution in [0.1, 0.15) is 43.1 Å². The molecule has 3 fully saturated rings. The van der Waals surface area contributed by atoms with Crippen molar-refractivity contribution >= 4 is 29.4 Å². The first-order valence-electron chi connectivity index (χ1n) is 11.2. The summed E-state index contributed by atoms with van der Waals surface area (Å²) >= 11 is 6.37. The minimum absolute atomic E-state index is 0.0981. The van der Waals surface area contributed by atoms with Crippen LogP contribution in [0.15, 0.2) is 30.5 Å². The Morgan fingerprint density at radius 1 is 1.24 bits per heavy atom. The van der Waals surface area contributed by atoms with Gasteiger partial charge in [-0.05, 0) is 51.0 Å². The lowest BCUT2D eigenvalue weighted by atomic mass is 10.0. The van der Waals surface area contributed by atoms with Gasteiger partial charge in [-0.2, -0.15) is 5.26 Å². The third-order valence-corrected chi connectivity index (χ3v) is 7.05. The van der Waals surface area contributed by atoms with Gasteiger partial charge in [0.15, 0.2) is 0 Å². The fourth-order valence-corrected chi connectivity index (χ4v) is 5.34. The van der Waals surface area contributed by atoms with Crippen molar-refractivity contribution in [3.63, 3.8) is 0 Å². The molecule has 1 saturated carbocycles. The lowest BCUT2D eigenvalue weighted by Crippen LogP contribution is -2.40. The Kier molecular flexibility index (Phi) is 4.86. The molecule has 5 rings (SSSR count). The zero-order valence-electron chi connectivity index (χ0n) is 19.8. The number of ether oxygens (including phenoxy) is 1. The molecule has 2 aromatic rings. The van der Waals surface area contributed by atoms with Crippen molar-refractivity contribution in [2.45, 2.75) is 50.4 Å². The van der Waals surface area contributed by atoms with Crippen LogP contribution in [0, 0.1) is 11.3 Å². The molecule has 2 amide bonds. The Morgan fingerprint density at radius 2 is 1.97 bits per heavy atom. The van der Waals surface area contributed by atoms with Crippen LogP contribution in [-0.4, -0.2) is 70.6 Å². The maximum absolute atomic E-state index is 12.5. The first kappa shape index (κ1) is 22.5. The Hall–Kier alpha value is -3.31. The van der Waals surface area contributed by atoms with Crippen molar-refractivity contribution in [3.05, 3.63) is 46.6 Å². The van der Waals surface area contributed by atoms with Crippen LogP contribution in [-0.2, 0) is 4.74 Å². The molecule has 3 unspecified atom stereocenters. The van der Waals surface area contributed by atoms with Crippen molar-refractivity contribution in [2.24, 2.45) is 0 Å². The van der Waals surface area contributed by atoms with Crippen LogP contribution in [0.4, 0.5) is 10.6 Å². The number of nitriles is 1. The molecule has 1 aromatic heterocycles. The summed E-state index contributed by atoms with van der Waals surface area (Å²) in [5.74, 6) is 0.475. The first-order valence-corrected chi connectivity index (χ1v) is 11.6. The molecule has 0 bridgehead atoms. The van der Waals surface area contributed by atoms with E-state index in [1.807, 2.05) is 25.7 Å². The van der Waals surface area contributed by atoms with Crippen molar-refractivity contribution in [1.82, 2.24) is 14.8 Å². The van der Waals surface area contributed by atoms with Crippen LogP contribution in [0.3, 0.4) is 0 Å². The normalized spacial score (nSPS) is 24.1. The average Bonchev–Trinajstić information content (AvgIpc) is 3.63.